The molecular weight excluding hydrogens is 308 g/mol. The van der Waals surface area contributed by atoms with Gasteiger partial charge in [0.1, 0.15) is 0 Å². The van der Waals surface area contributed by atoms with E-state index >= 15 is 0 Å². The minimum atomic E-state index is 0.491. The van der Waals surface area contributed by atoms with Gasteiger partial charge in [-0.25, -0.2) is 0 Å². The van der Waals surface area contributed by atoms with Crippen LogP contribution in [0.2, 0.25) is 0 Å². The first-order chi connectivity index (χ1) is 12.0. The molecule has 1 heterocycles. The normalized spacial score (nSPS) is 11.2. The second-order valence-corrected chi connectivity index (χ2v) is 6.12. The number of aromatic nitrogens is 2. The fourth-order valence-corrected chi connectivity index (χ4v) is 2.84. The van der Waals surface area contributed by atoms with Gasteiger partial charge in [-0.15, -0.1) is 5.92 Å². The highest BCUT2D eigenvalue weighted by Gasteiger charge is 2.14. The molecule has 0 atom stereocenters. The fraction of sp³-hybridized carbons (Fsp3) is 0.381. The van der Waals surface area contributed by atoms with Crippen molar-refractivity contribution in [3.8, 4) is 23.1 Å². The lowest BCUT2D eigenvalue weighted by atomic mass is 9.99. The van der Waals surface area contributed by atoms with Crippen LogP contribution in [0.15, 0.2) is 36.2 Å². The van der Waals surface area contributed by atoms with E-state index in [9.17, 15) is 0 Å². The zero-order chi connectivity index (χ0) is 18.4. The molecule has 132 valence electrons. The van der Waals surface area contributed by atoms with Crippen LogP contribution < -0.4 is 5.73 Å². The summed E-state index contributed by atoms with van der Waals surface area (Å²) in [5.74, 6) is 6.11. The Bertz CT molecular complexity index is 818. The predicted molar refractivity (Wildman–Crippen MR) is 105 cm³/mol. The molecule has 0 radical (unpaired) electrons. The zero-order valence-corrected chi connectivity index (χ0v) is 15.9. The van der Waals surface area contributed by atoms with Gasteiger partial charge in [-0.05, 0) is 50.5 Å². The molecule has 0 aliphatic heterocycles. The molecule has 0 aliphatic rings. The van der Waals surface area contributed by atoms with Crippen molar-refractivity contribution in [1.29, 1.82) is 0 Å². The van der Waals surface area contributed by atoms with Gasteiger partial charge in [0.15, 0.2) is 0 Å². The molecule has 0 amide bonds. The zero-order valence-electron chi connectivity index (χ0n) is 15.9. The van der Waals surface area contributed by atoms with Crippen molar-refractivity contribution in [3.63, 3.8) is 0 Å². The third-order valence-electron chi connectivity index (χ3n) is 4.40. The second-order valence-electron chi connectivity index (χ2n) is 6.12. The second kappa shape index (κ2) is 8.55. The molecule has 4 nitrogen and oxygen atoms in total. The van der Waals surface area contributed by atoms with E-state index in [0.29, 0.717) is 13.2 Å². The van der Waals surface area contributed by atoms with Crippen LogP contribution in [0.25, 0.3) is 11.3 Å². The highest BCUT2D eigenvalue weighted by atomic mass is 15.3. The third kappa shape index (κ3) is 4.32. The summed E-state index contributed by atoms with van der Waals surface area (Å²) >= 11 is 0. The molecule has 0 spiro atoms. The Kier molecular flexibility index (Phi) is 6.44. The van der Waals surface area contributed by atoms with Crippen molar-refractivity contribution in [3.05, 3.63) is 52.9 Å². The molecule has 2 N–H and O–H groups in total. The van der Waals surface area contributed by atoms with Crippen LogP contribution in [0, 0.1) is 18.8 Å². The van der Waals surface area contributed by atoms with E-state index in [4.69, 9.17) is 10.8 Å². The van der Waals surface area contributed by atoms with E-state index in [-0.39, 0.29) is 0 Å². The molecule has 0 unspecified atom stereocenters. The van der Waals surface area contributed by atoms with Gasteiger partial charge in [0.2, 0.25) is 0 Å². The van der Waals surface area contributed by atoms with Gasteiger partial charge in [-0.2, -0.15) is 5.10 Å². The number of aryl methyl sites for hydroxylation is 2. The maximum atomic E-state index is 5.76. The standard InChI is InChI=1S/C21H28N4/c1-6-9-17-11-10-16(4)20(12-17)21-18(7-2)13-25(23-21)14-19(8-3)24(5)15-22/h8,10-13H,7,14-15,22H2,1-5H3/b19-8-. The Morgan fingerprint density at radius 3 is 2.76 bits per heavy atom. The van der Waals surface area contributed by atoms with Crippen molar-refractivity contribution in [1.82, 2.24) is 14.7 Å². The quantitative estimate of drug-likeness (QED) is 0.648. The molecule has 0 fully saturated rings. The average Bonchev–Trinajstić information content (AvgIpc) is 3.03. The first-order valence-corrected chi connectivity index (χ1v) is 8.70. The van der Waals surface area contributed by atoms with Crippen LogP contribution in [0.1, 0.15) is 37.5 Å². The Balaban J connectivity index is 2.44. The molecule has 25 heavy (non-hydrogen) atoms. The highest BCUT2D eigenvalue weighted by Crippen LogP contribution is 2.27. The summed E-state index contributed by atoms with van der Waals surface area (Å²) in [5.41, 5.74) is 12.6. The first-order valence-electron chi connectivity index (χ1n) is 8.70. The number of hydrogen-bond acceptors (Lipinski definition) is 3. The van der Waals surface area contributed by atoms with Gasteiger partial charge in [-0.3, -0.25) is 4.68 Å². The largest absolute Gasteiger partial charge is 0.364 e. The SMILES string of the molecule is CC#Cc1ccc(C)c(-c2nn(C/C(=C/C)N(C)CN)cc2CC)c1. The maximum Gasteiger partial charge on any atom is 0.0958 e. The topological polar surface area (TPSA) is 47.1 Å². The van der Waals surface area contributed by atoms with Crippen molar-refractivity contribution >= 4 is 0 Å². The summed E-state index contributed by atoms with van der Waals surface area (Å²) in [7, 11) is 2.00. The smallest absolute Gasteiger partial charge is 0.0958 e. The molecular formula is C21H28N4. The van der Waals surface area contributed by atoms with Gasteiger partial charge >= 0.3 is 0 Å². The third-order valence-corrected chi connectivity index (χ3v) is 4.40. The van der Waals surface area contributed by atoms with E-state index in [0.717, 1.165) is 28.9 Å². The summed E-state index contributed by atoms with van der Waals surface area (Å²) < 4.78 is 2.01. The summed E-state index contributed by atoms with van der Waals surface area (Å²) in [6.45, 7) is 9.38. The van der Waals surface area contributed by atoms with Crippen LogP contribution in [0.3, 0.4) is 0 Å². The number of hydrogen-bond donors (Lipinski definition) is 1. The lowest BCUT2D eigenvalue weighted by Crippen LogP contribution is -2.27. The van der Waals surface area contributed by atoms with Crippen LogP contribution in [-0.4, -0.2) is 28.4 Å². The van der Waals surface area contributed by atoms with Crippen LogP contribution in [0.4, 0.5) is 0 Å². The van der Waals surface area contributed by atoms with Gasteiger partial charge in [0, 0.05) is 30.1 Å². The van der Waals surface area contributed by atoms with E-state index in [1.807, 2.05) is 30.5 Å². The molecule has 1 aromatic carbocycles. The predicted octanol–water partition coefficient (Wildman–Crippen LogP) is 3.54. The summed E-state index contributed by atoms with van der Waals surface area (Å²) in [4.78, 5) is 2.04. The Morgan fingerprint density at radius 1 is 1.40 bits per heavy atom. The van der Waals surface area contributed by atoms with Crippen LogP contribution in [0.5, 0.6) is 0 Å². The summed E-state index contributed by atoms with van der Waals surface area (Å²) in [6.07, 6.45) is 5.17. The monoisotopic (exact) mass is 336 g/mol. The number of likely N-dealkylation sites (N-methyl/N-ethyl adjacent to an activating group) is 1. The molecule has 2 rings (SSSR count). The van der Waals surface area contributed by atoms with E-state index in [1.165, 1.54) is 11.1 Å². The Labute approximate surface area is 151 Å². The van der Waals surface area contributed by atoms with Crippen molar-refractivity contribution < 1.29 is 0 Å². The minimum absolute atomic E-state index is 0.491. The van der Waals surface area contributed by atoms with Gasteiger partial charge < -0.3 is 10.6 Å². The number of nitrogens with two attached hydrogens (primary N) is 1. The van der Waals surface area contributed by atoms with Crippen LogP contribution >= 0.6 is 0 Å². The van der Waals surface area contributed by atoms with Crippen LogP contribution in [-0.2, 0) is 13.0 Å². The van der Waals surface area contributed by atoms with E-state index in [2.05, 4.69) is 56.2 Å². The number of benzene rings is 1. The number of rotatable bonds is 6. The minimum Gasteiger partial charge on any atom is -0.364 e. The summed E-state index contributed by atoms with van der Waals surface area (Å²) in [6, 6.07) is 6.32. The maximum absolute atomic E-state index is 5.76. The first kappa shape index (κ1) is 18.8. The van der Waals surface area contributed by atoms with Gasteiger partial charge in [0.25, 0.3) is 0 Å². The molecule has 0 saturated heterocycles. The summed E-state index contributed by atoms with van der Waals surface area (Å²) in [5, 5.41) is 4.88. The molecule has 1 aromatic heterocycles. The van der Waals surface area contributed by atoms with Gasteiger partial charge in [0.05, 0.1) is 18.9 Å². The molecule has 4 heteroatoms. The van der Waals surface area contributed by atoms with Gasteiger partial charge in [-0.1, -0.05) is 25.0 Å². The Hall–Kier alpha value is -2.51. The highest BCUT2D eigenvalue weighted by molar-refractivity contribution is 5.68. The number of nitrogens with zero attached hydrogens (tertiary/aromatic N) is 3. The van der Waals surface area contributed by atoms with Crippen molar-refractivity contribution in [2.75, 3.05) is 13.7 Å². The average molecular weight is 336 g/mol. The van der Waals surface area contributed by atoms with E-state index in [1.54, 1.807) is 0 Å². The van der Waals surface area contributed by atoms with E-state index < -0.39 is 0 Å². The Morgan fingerprint density at radius 2 is 2.16 bits per heavy atom. The molecule has 0 bridgehead atoms. The number of allylic oxidation sites excluding steroid dienone is 2. The molecule has 2 aromatic rings. The lowest BCUT2D eigenvalue weighted by molar-refractivity contribution is 0.395. The lowest BCUT2D eigenvalue weighted by Gasteiger charge is -2.20. The molecule has 0 aliphatic carbocycles. The molecule has 0 saturated carbocycles. The van der Waals surface area contributed by atoms with Crippen molar-refractivity contribution in [2.24, 2.45) is 5.73 Å². The van der Waals surface area contributed by atoms with Crippen molar-refractivity contribution in [2.45, 2.75) is 40.7 Å². The fourth-order valence-electron chi connectivity index (χ4n) is 2.84.